The first-order valence-corrected chi connectivity index (χ1v) is 8.83. The number of non-ortho nitro benzene ring substituents is 1. The molecule has 1 rings (SSSR count). The van der Waals surface area contributed by atoms with E-state index in [0.29, 0.717) is 12.1 Å². The van der Waals surface area contributed by atoms with Gasteiger partial charge in [0.25, 0.3) is 17.1 Å². The van der Waals surface area contributed by atoms with Crippen LogP contribution in [0.3, 0.4) is 0 Å². The zero-order valence-electron chi connectivity index (χ0n) is 15.4. The van der Waals surface area contributed by atoms with E-state index in [1.165, 1.54) is 51.4 Å². The van der Waals surface area contributed by atoms with E-state index in [-0.39, 0.29) is 0 Å². The number of benzene rings is 1. The number of nitrogens with zero attached hydrogens (tertiary/aromatic N) is 3. The zero-order valence-corrected chi connectivity index (χ0v) is 15.4. The molecule has 0 bridgehead atoms. The molecule has 0 unspecified atom stereocenters. The van der Waals surface area contributed by atoms with E-state index < -0.39 is 37.6 Å². The molecule has 0 fully saturated rings. The third kappa shape index (κ3) is 9.45. The second kappa shape index (κ2) is 13.4. The van der Waals surface area contributed by atoms with Crippen LogP contribution in [0, 0.1) is 30.3 Å². The number of quaternary nitrogens is 1. The highest BCUT2D eigenvalue weighted by atomic mass is 16.6. The Balaban J connectivity index is 0.000000541. The van der Waals surface area contributed by atoms with Crippen LogP contribution in [0.2, 0.25) is 0 Å². The SMILES string of the molecule is CCCCCCCCCC[NH3+].O=[N+]([O-])c1cc([N+](=O)[O-])c([O-])c([N+](=O)[O-])c1. The van der Waals surface area contributed by atoms with Crippen molar-refractivity contribution < 1.29 is 25.6 Å². The highest BCUT2D eigenvalue weighted by Gasteiger charge is 2.24. The first kappa shape index (κ1) is 24.2. The largest absolute Gasteiger partial charge is 0.863 e. The highest BCUT2D eigenvalue weighted by Crippen LogP contribution is 2.36. The number of nitro groups is 3. The average molecular weight is 386 g/mol. The quantitative estimate of drug-likeness (QED) is 0.344. The molecule has 0 saturated carbocycles. The molecular weight excluding hydrogens is 360 g/mol. The van der Waals surface area contributed by atoms with Gasteiger partial charge in [0.05, 0.1) is 39.2 Å². The Labute approximate surface area is 156 Å². The number of nitro benzene ring substituents is 3. The van der Waals surface area contributed by atoms with Crippen LogP contribution in [0.15, 0.2) is 12.1 Å². The maximum absolute atomic E-state index is 11.1. The van der Waals surface area contributed by atoms with Crippen molar-refractivity contribution in [1.82, 2.24) is 0 Å². The van der Waals surface area contributed by atoms with Crippen LogP contribution in [-0.2, 0) is 0 Å². The molecule has 0 aromatic heterocycles. The molecule has 1 aromatic carbocycles. The summed E-state index contributed by atoms with van der Waals surface area (Å²) in [7, 11) is 0. The van der Waals surface area contributed by atoms with Gasteiger partial charge in [0, 0.05) is 0 Å². The van der Waals surface area contributed by atoms with Crippen molar-refractivity contribution in [2.75, 3.05) is 6.54 Å². The molecule has 0 heterocycles. The first-order chi connectivity index (χ1) is 12.8. The minimum atomic E-state index is -1.46. The van der Waals surface area contributed by atoms with Gasteiger partial charge >= 0.3 is 0 Å². The van der Waals surface area contributed by atoms with E-state index in [1.54, 1.807) is 0 Å². The Bertz CT molecular complexity index is 594. The molecule has 152 valence electrons. The Morgan fingerprint density at radius 1 is 0.778 bits per heavy atom. The van der Waals surface area contributed by atoms with Crippen LogP contribution in [0.4, 0.5) is 17.1 Å². The van der Waals surface area contributed by atoms with Gasteiger partial charge in [0.2, 0.25) is 0 Å². The lowest BCUT2D eigenvalue weighted by atomic mass is 10.1. The van der Waals surface area contributed by atoms with Gasteiger partial charge in [-0.05, 0) is 12.8 Å². The van der Waals surface area contributed by atoms with E-state index >= 15 is 0 Å². The second-order valence-corrected chi connectivity index (χ2v) is 5.91. The standard InChI is InChI=1S/C10H23N.C6H3N3O7/c1-2-3-4-5-6-7-8-9-10-11;10-6-4(8(13)14)1-3(7(11)12)2-5(6)9(15)16/h2-11H2,1H3;1-2,10H. The van der Waals surface area contributed by atoms with E-state index in [4.69, 9.17) is 0 Å². The summed E-state index contributed by atoms with van der Waals surface area (Å²) in [6.07, 6.45) is 11.3. The van der Waals surface area contributed by atoms with Crippen molar-refractivity contribution in [3.63, 3.8) is 0 Å². The van der Waals surface area contributed by atoms with Gasteiger partial charge in [0.15, 0.2) is 0 Å². The molecule has 3 N–H and O–H groups in total. The Hall–Kier alpha value is -2.82. The smallest absolute Gasteiger partial charge is 0.283 e. The molecular formula is C16H26N4O7. The highest BCUT2D eigenvalue weighted by molar-refractivity contribution is 5.63. The van der Waals surface area contributed by atoms with Crippen molar-refractivity contribution in [2.45, 2.75) is 58.3 Å². The van der Waals surface area contributed by atoms with Crippen molar-refractivity contribution in [1.29, 1.82) is 0 Å². The van der Waals surface area contributed by atoms with Crippen LogP contribution in [-0.4, -0.2) is 21.3 Å². The molecule has 0 atom stereocenters. The van der Waals surface area contributed by atoms with Gasteiger partial charge in [-0.15, -0.1) is 0 Å². The van der Waals surface area contributed by atoms with Crippen LogP contribution >= 0.6 is 0 Å². The molecule has 1 aromatic rings. The molecule has 11 nitrogen and oxygen atoms in total. The van der Waals surface area contributed by atoms with Crippen LogP contribution in [0.5, 0.6) is 5.75 Å². The monoisotopic (exact) mass is 386 g/mol. The Kier molecular flexibility index (Phi) is 12.0. The van der Waals surface area contributed by atoms with Gasteiger partial charge in [-0.3, -0.25) is 30.3 Å². The first-order valence-electron chi connectivity index (χ1n) is 8.83. The van der Waals surface area contributed by atoms with Crippen molar-refractivity contribution in [3.05, 3.63) is 42.5 Å². The molecule has 0 spiro atoms. The lowest BCUT2D eigenvalue weighted by Crippen LogP contribution is -2.50. The molecule has 0 amide bonds. The summed E-state index contributed by atoms with van der Waals surface area (Å²) in [5, 5.41) is 42.1. The predicted octanol–water partition coefficient (Wildman–Crippen LogP) is 2.85. The summed E-state index contributed by atoms with van der Waals surface area (Å²) < 4.78 is 0. The van der Waals surface area contributed by atoms with Gasteiger partial charge in [-0.2, -0.15) is 0 Å². The molecule has 0 radical (unpaired) electrons. The number of hydrogen-bond acceptors (Lipinski definition) is 7. The molecule has 0 saturated heterocycles. The predicted molar refractivity (Wildman–Crippen MR) is 96.2 cm³/mol. The van der Waals surface area contributed by atoms with Crippen molar-refractivity contribution in [3.8, 4) is 5.75 Å². The molecule has 27 heavy (non-hydrogen) atoms. The third-order valence-electron chi connectivity index (χ3n) is 3.74. The summed E-state index contributed by atoms with van der Waals surface area (Å²) in [4.78, 5) is 27.5. The molecule has 0 aliphatic heterocycles. The van der Waals surface area contributed by atoms with E-state index in [1.807, 2.05) is 0 Å². The van der Waals surface area contributed by atoms with E-state index in [0.717, 1.165) is 6.54 Å². The molecule has 0 aliphatic rings. The summed E-state index contributed by atoms with van der Waals surface area (Å²) >= 11 is 0. The summed E-state index contributed by atoms with van der Waals surface area (Å²) in [5.41, 5.74) is 0.569. The fourth-order valence-electron chi connectivity index (χ4n) is 2.27. The Morgan fingerprint density at radius 3 is 1.52 bits per heavy atom. The topological polar surface area (TPSA) is 180 Å². The minimum Gasteiger partial charge on any atom is -0.863 e. The summed E-state index contributed by atoms with van der Waals surface area (Å²) in [6.45, 7) is 3.39. The van der Waals surface area contributed by atoms with E-state index in [9.17, 15) is 35.4 Å². The van der Waals surface area contributed by atoms with Crippen LogP contribution < -0.4 is 10.8 Å². The van der Waals surface area contributed by atoms with E-state index in [2.05, 4.69) is 12.7 Å². The van der Waals surface area contributed by atoms with Crippen LogP contribution in [0.1, 0.15) is 58.3 Å². The maximum Gasteiger partial charge on any atom is 0.283 e. The minimum absolute atomic E-state index is 0.384. The lowest BCUT2D eigenvalue weighted by Gasteiger charge is -2.06. The second-order valence-electron chi connectivity index (χ2n) is 5.91. The fourth-order valence-corrected chi connectivity index (χ4v) is 2.27. The molecule has 0 aliphatic carbocycles. The third-order valence-corrected chi connectivity index (χ3v) is 3.74. The fraction of sp³-hybridized carbons (Fsp3) is 0.625. The van der Waals surface area contributed by atoms with Crippen molar-refractivity contribution >= 4 is 17.1 Å². The maximum atomic E-state index is 11.1. The lowest BCUT2D eigenvalue weighted by molar-refractivity contribution is -0.420. The number of unbranched alkanes of at least 4 members (excludes halogenated alkanes) is 7. The van der Waals surface area contributed by atoms with Crippen LogP contribution in [0.25, 0.3) is 0 Å². The van der Waals surface area contributed by atoms with Gasteiger partial charge < -0.3 is 10.8 Å². The van der Waals surface area contributed by atoms with Gasteiger partial charge in [0.1, 0.15) is 0 Å². The van der Waals surface area contributed by atoms with Crippen molar-refractivity contribution in [2.24, 2.45) is 0 Å². The Morgan fingerprint density at radius 2 is 1.19 bits per heavy atom. The number of rotatable bonds is 11. The zero-order chi connectivity index (χ0) is 20.8. The van der Waals surface area contributed by atoms with Gasteiger partial charge in [-0.25, -0.2) is 0 Å². The molecule has 11 heteroatoms. The summed E-state index contributed by atoms with van der Waals surface area (Å²) in [5.74, 6) is -1.46. The normalized spacial score (nSPS) is 10.0. The summed E-state index contributed by atoms with van der Waals surface area (Å²) in [6, 6.07) is 0.769. The average Bonchev–Trinajstić information content (AvgIpc) is 2.61. The van der Waals surface area contributed by atoms with Gasteiger partial charge in [-0.1, -0.05) is 45.4 Å². The number of hydrogen-bond donors (Lipinski definition) is 1.